The third-order valence-electron chi connectivity index (χ3n) is 2.47. The fourth-order valence-electron chi connectivity index (χ4n) is 1.45. The van der Waals surface area contributed by atoms with Crippen molar-refractivity contribution in [2.45, 2.75) is 20.4 Å². The molecule has 0 bridgehead atoms. The summed E-state index contributed by atoms with van der Waals surface area (Å²) in [6, 6.07) is 7.51. The van der Waals surface area contributed by atoms with Crippen LogP contribution in [0.1, 0.15) is 19.4 Å². The third-order valence-corrected chi connectivity index (χ3v) is 4.42. The lowest BCUT2D eigenvalue weighted by Gasteiger charge is -2.07. The first-order valence-electron chi connectivity index (χ1n) is 6.19. The van der Waals surface area contributed by atoms with Gasteiger partial charge in [-0.1, -0.05) is 46.3 Å². The molecular weight excluding hydrogens is 338 g/mol. The van der Waals surface area contributed by atoms with Crippen molar-refractivity contribution in [2.75, 3.05) is 0 Å². The Morgan fingerprint density at radius 2 is 1.85 bits per heavy atom. The van der Waals surface area contributed by atoms with Crippen LogP contribution in [0.2, 0.25) is 0 Å². The Kier molecular flexibility index (Phi) is 6.91. The lowest BCUT2D eigenvalue weighted by Crippen LogP contribution is -2.24. The molecule has 0 radical (unpaired) electrons. The van der Waals surface area contributed by atoms with Gasteiger partial charge in [-0.2, -0.15) is 0 Å². The zero-order chi connectivity index (χ0) is 15.0. The van der Waals surface area contributed by atoms with Gasteiger partial charge in [0.1, 0.15) is 0 Å². The molecule has 0 amide bonds. The van der Waals surface area contributed by atoms with Gasteiger partial charge in [0.2, 0.25) is 10.0 Å². The molecule has 0 aliphatic carbocycles. The van der Waals surface area contributed by atoms with E-state index in [9.17, 15) is 8.42 Å². The summed E-state index contributed by atoms with van der Waals surface area (Å²) in [6.07, 6.45) is 8.34. The van der Waals surface area contributed by atoms with Crippen LogP contribution in [0.4, 0.5) is 0 Å². The number of sulfonamides is 1. The molecular formula is C15H18BrNO2S. The van der Waals surface area contributed by atoms with E-state index < -0.39 is 10.0 Å². The SMILES string of the molecule is CC=CC=C(C=CC)S(=O)(=O)NCc1ccc(Br)cc1. The molecule has 5 heteroatoms. The van der Waals surface area contributed by atoms with Crippen LogP contribution in [0.25, 0.3) is 0 Å². The van der Waals surface area contributed by atoms with Crippen LogP contribution in [0.3, 0.4) is 0 Å². The predicted molar refractivity (Wildman–Crippen MR) is 87.6 cm³/mol. The number of hydrogen-bond donors (Lipinski definition) is 1. The highest BCUT2D eigenvalue weighted by Gasteiger charge is 2.13. The van der Waals surface area contributed by atoms with Crippen molar-refractivity contribution in [3.8, 4) is 0 Å². The van der Waals surface area contributed by atoms with E-state index in [2.05, 4.69) is 20.7 Å². The van der Waals surface area contributed by atoms with Crippen molar-refractivity contribution in [2.24, 2.45) is 0 Å². The van der Waals surface area contributed by atoms with Gasteiger partial charge in [0.05, 0.1) is 4.91 Å². The molecule has 3 nitrogen and oxygen atoms in total. The van der Waals surface area contributed by atoms with Crippen LogP contribution in [0.5, 0.6) is 0 Å². The molecule has 0 aliphatic heterocycles. The van der Waals surface area contributed by atoms with Crippen LogP contribution < -0.4 is 4.72 Å². The van der Waals surface area contributed by atoms with Gasteiger partial charge >= 0.3 is 0 Å². The highest BCUT2D eigenvalue weighted by Crippen LogP contribution is 2.12. The number of hydrogen-bond acceptors (Lipinski definition) is 2. The van der Waals surface area contributed by atoms with Gasteiger partial charge in [0, 0.05) is 11.0 Å². The molecule has 0 spiro atoms. The second-order valence-electron chi connectivity index (χ2n) is 4.05. The molecule has 0 saturated heterocycles. The highest BCUT2D eigenvalue weighted by molar-refractivity contribution is 9.10. The highest BCUT2D eigenvalue weighted by atomic mass is 79.9. The van der Waals surface area contributed by atoms with Gasteiger partial charge < -0.3 is 0 Å². The summed E-state index contributed by atoms with van der Waals surface area (Å²) in [5.41, 5.74) is 0.905. The van der Waals surface area contributed by atoms with Crippen LogP contribution in [0, 0.1) is 0 Å². The summed E-state index contributed by atoms with van der Waals surface area (Å²) in [5, 5.41) is 0. The van der Waals surface area contributed by atoms with Crippen molar-refractivity contribution in [3.05, 3.63) is 69.6 Å². The average molecular weight is 356 g/mol. The minimum absolute atomic E-state index is 0.246. The number of nitrogens with one attached hydrogen (secondary N) is 1. The Morgan fingerprint density at radius 3 is 2.40 bits per heavy atom. The van der Waals surface area contributed by atoms with Crippen molar-refractivity contribution in [1.29, 1.82) is 0 Å². The van der Waals surface area contributed by atoms with E-state index >= 15 is 0 Å². The standard InChI is InChI=1S/C15H18BrNO2S/c1-3-5-7-15(6-4-2)20(18,19)17-12-13-8-10-14(16)11-9-13/h3-11,17H,12H2,1-2H3. The summed E-state index contributed by atoms with van der Waals surface area (Å²) in [7, 11) is -3.50. The van der Waals surface area contributed by atoms with Crippen LogP contribution in [-0.4, -0.2) is 8.42 Å². The summed E-state index contributed by atoms with van der Waals surface area (Å²) >= 11 is 3.34. The first-order chi connectivity index (χ1) is 9.49. The largest absolute Gasteiger partial charge is 0.240 e. The van der Waals surface area contributed by atoms with Gasteiger partial charge in [-0.05, 0) is 43.7 Å². The molecule has 1 N–H and O–H groups in total. The molecule has 1 aromatic rings. The first-order valence-corrected chi connectivity index (χ1v) is 8.47. The van der Waals surface area contributed by atoms with E-state index in [1.165, 1.54) is 0 Å². The molecule has 0 heterocycles. The topological polar surface area (TPSA) is 46.2 Å². The maximum absolute atomic E-state index is 12.2. The van der Waals surface area contributed by atoms with Crippen LogP contribution in [-0.2, 0) is 16.6 Å². The number of rotatable bonds is 6. The summed E-state index contributed by atoms with van der Waals surface area (Å²) < 4.78 is 27.9. The molecule has 1 aromatic carbocycles. The molecule has 0 atom stereocenters. The summed E-state index contributed by atoms with van der Waals surface area (Å²) in [5.74, 6) is 0. The smallest absolute Gasteiger partial charge is 0.207 e. The molecule has 20 heavy (non-hydrogen) atoms. The first kappa shape index (κ1) is 16.9. The van der Waals surface area contributed by atoms with Gasteiger partial charge in [-0.25, -0.2) is 13.1 Å². The number of allylic oxidation sites excluding steroid dienone is 5. The predicted octanol–water partition coefficient (Wildman–Crippen LogP) is 3.90. The van der Waals surface area contributed by atoms with E-state index in [0.717, 1.165) is 10.0 Å². The molecule has 1 rings (SSSR count). The van der Waals surface area contributed by atoms with Crippen molar-refractivity contribution in [1.82, 2.24) is 4.72 Å². The van der Waals surface area contributed by atoms with Crippen LogP contribution >= 0.6 is 15.9 Å². The van der Waals surface area contributed by atoms with Gasteiger partial charge in [-0.15, -0.1) is 0 Å². The maximum atomic E-state index is 12.2. The quantitative estimate of drug-likeness (QED) is 0.786. The monoisotopic (exact) mass is 355 g/mol. The zero-order valence-electron chi connectivity index (χ0n) is 11.5. The Labute approximate surface area is 129 Å². The Balaban J connectivity index is 2.84. The van der Waals surface area contributed by atoms with E-state index in [-0.39, 0.29) is 11.4 Å². The van der Waals surface area contributed by atoms with E-state index in [4.69, 9.17) is 0 Å². The summed E-state index contributed by atoms with van der Waals surface area (Å²) in [4.78, 5) is 0.246. The average Bonchev–Trinajstić information content (AvgIpc) is 2.43. The zero-order valence-corrected chi connectivity index (χ0v) is 13.9. The van der Waals surface area contributed by atoms with Gasteiger partial charge in [-0.3, -0.25) is 0 Å². The molecule has 0 saturated carbocycles. The molecule has 0 aliphatic rings. The maximum Gasteiger partial charge on any atom is 0.240 e. The molecule has 0 aromatic heterocycles. The normalized spacial score (nSPS) is 13.4. The van der Waals surface area contributed by atoms with Crippen molar-refractivity contribution in [3.63, 3.8) is 0 Å². The minimum atomic E-state index is -3.50. The van der Waals surface area contributed by atoms with Crippen molar-refractivity contribution >= 4 is 26.0 Å². The van der Waals surface area contributed by atoms with E-state index in [0.29, 0.717) is 0 Å². The molecule has 0 unspecified atom stereocenters. The second kappa shape index (κ2) is 8.19. The summed E-state index contributed by atoms with van der Waals surface area (Å²) in [6.45, 7) is 3.89. The Hall–Kier alpha value is -1.17. The third kappa shape index (κ3) is 5.45. The van der Waals surface area contributed by atoms with E-state index in [1.54, 1.807) is 37.3 Å². The van der Waals surface area contributed by atoms with Gasteiger partial charge in [0.15, 0.2) is 0 Å². The fourth-order valence-corrected chi connectivity index (χ4v) is 2.81. The lowest BCUT2D eigenvalue weighted by atomic mass is 10.2. The van der Waals surface area contributed by atoms with Crippen LogP contribution in [0.15, 0.2) is 64.0 Å². The van der Waals surface area contributed by atoms with E-state index in [1.807, 2.05) is 31.2 Å². The minimum Gasteiger partial charge on any atom is -0.207 e. The van der Waals surface area contributed by atoms with Crippen molar-refractivity contribution < 1.29 is 8.42 Å². The second-order valence-corrected chi connectivity index (χ2v) is 6.73. The fraction of sp³-hybridized carbons (Fsp3) is 0.200. The number of halogens is 1. The molecule has 0 fully saturated rings. The molecule has 108 valence electrons. The van der Waals surface area contributed by atoms with Gasteiger partial charge in [0.25, 0.3) is 0 Å². The lowest BCUT2D eigenvalue weighted by molar-refractivity contribution is 0.588. The number of benzene rings is 1. The Bertz CT molecular complexity index is 614. The Morgan fingerprint density at radius 1 is 1.20 bits per heavy atom.